The second-order valence-electron chi connectivity index (χ2n) is 5.81. The fourth-order valence-electron chi connectivity index (χ4n) is 2.69. The molecule has 0 unspecified atom stereocenters. The number of carbonyl (C=O) groups excluding carboxylic acids is 2. The maximum absolute atomic E-state index is 12.3. The Balaban J connectivity index is 2.29. The number of ether oxygens (including phenoxy) is 3. The van der Waals surface area contributed by atoms with Crippen LogP contribution in [0.5, 0.6) is 17.2 Å². The zero-order valence-corrected chi connectivity index (χ0v) is 15.5. The molecule has 9 nitrogen and oxygen atoms in total. The summed E-state index contributed by atoms with van der Waals surface area (Å²) in [6, 6.07) is 4.79. The summed E-state index contributed by atoms with van der Waals surface area (Å²) in [6.07, 6.45) is -0.470. The van der Waals surface area contributed by atoms with Crippen LogP contribution in [0.4, 0.5) is 5.82 Å². The third-order valence-electron chi connectivity index (χ3n) is 3.90. The van der Waals surface area contributed by atoms with Crippen LogP contribution in [0.3, 0.4) is 0 Å². The Morgan fingerprint density at radius 2 is 1.74 bits per heavy atom. The van der Waals surface area contributed by atoms with Crippen molar-refractivity contribution in [3.05, 3.63) is 29.5 Å². The number of hydrogen-bond donors (Lipinski definition) is 1. The molecule has 0 aliphatic carbocycles. The molecule has 2 aromatic rings. The lowest BCUT2D eigenvalue weighted by atomic mass is 9.91. The first-order valence-electron chi connectivity index (χ1n) is 8.10. The largest absolute Gasteiger partial charge is 0.550 e. The summed E-state index contributed by atoms with van der Waals surface area (Å²) in [5.41, 5.74) is 0.542. The number of rotatable bonds is 9. The van der Waals surface area contributed by atoms with Crippen molar-refractivity contribution in [2.45, 2.75) is 25.7 Å². The second-order valence-corrected chi connectivity index (χ2v) is 5.81. The molecule has 1 N–H and O–H groups in total. The van der Waals surface area contributed by atoms with E-state index in [0.29, 0.717) is 28.6 Å². The minimum absolute atomic E-state index is 0.113. The number of aliphatic carboxylic acids is 1. The fraction of sp³-hybridized carbons (Fsp3) is 0.389. The van der Waals surface area contributed by atoms with Crippen LogP contribution in [0, 0.1) is 6.92 Å². The van der Waals surface area contributed by atoms with Gasteiger partial charge in [0.15, 0.2) is 17.3 Å². The smallest absolute Gasteiger partial charge is 0.226 e. The van der Waals surface area contributed by atoms with Crippen molar-refractivity contribution in [1.29, 1.82) is 0 Å². The average molecular weight is 377 g/mol. The van der Waals surface area contributed by atoms with Crippen LogP contribution in [0.15, 0.2) is 22.7 Å². The van der Waals surface area contributed by atoms with Crippen molar-refractivity contribution in [2.24, 2.45) is 0 Å². The Labute approximate surface area is 156 Å². The predicted octanol–water partition coefficient (Wildman–Crippen LogP) is 1.26. The number of anilines is 1. The Morgan fingerprint density at radius 1 is 1.11 bits per heavy atom. The summed E-state index contributed by atoms with van der Waals surface area (Å²) in [4.78, 5) is 23.5. The van der Waals surface area contributed by atoms with Crippen LogP contribution in [-0.4, -0.2) is 38.4 Å². The van der Waals surface area contributed by atoms with E-state index < -0.39 is 17.8 Å². The first-order valence-corrected chi connectivity index (χ1v) is 8.10. The van der Waals surface area contributed by atoms with Gasteiger partial charge >= 0.3 is 0 Å². The molecule has 0 spiro atoms. The molecule has 0 radical (unpaired) electrons. The minimum atomic E-state index is -1.28. The van der Waals surface area contributed by atoms with Crippen molar-refractivity contribution < 1.29 is 33.4 Å². The molecule has 0 aliphatic heterocycles. The van der Waals surface area contributed by atoms with E-state index in [4.69, 9.17) is 18.7 Å². The standard InChI is InChI=1S/C18H22N2O7/c1-10-5-15(20-27-10)19-16(21)8-12(9-17(22)23)11-6-13(24-2)18(26-4)14(7-11)25-3/h5-7,12H,8-9H2,1-4H3,(H,22,23)(H,19,20,21)/p-1/t12-/m1/s1. The SMILES string of the molecule is COc1cc([C@@H](CC(=O)[O-])CC(=O)Nc2cc(C)on2)cc(OC)c1OC. The van der Waals surface area contributed by atoms with E-state index in [1.54, 1.807) is 25.1 Å². The zero-order valence-electron chi connectivity index (χ0n) is 15.5. The molecule has 146 valence electrons. The topological polar surface area (TPSA) is 123 Å². The van der Waals surface area contributed by atoms with Crippen molar-refractivity contribution in [3.63, 3.8) is 0 Å². The molecule has 1 heterocycles. The van der Waals surface area contributed by atoms with Gasteiger partial charge in [-0.3, -0.25) is 4.79 Å². The molecule has 1 aromatic heterocycles. The molecule has 27 heavy (non-hydrogen) atoms. The van der Waals surface area contributed by atoms with E-state index >= 15 is 0 Å². The third-order valence-corrected chi connectivity index (χ3v) is 3.90. The summed E-state index contributed by atoms with van der Waals surface area (Å²) in [6.45, 7) is 1.69. The van der Waals surface area contributed by atoms with Gasteiger partial charge in [0, 0.05) is 18.5 Å². The maximum atomic E-state index is 12.3. The number of carbonyl (C=O) groups is 2. The van der Waals surface area contributed by atoms with Gasteiger partial charge in [-0.1, -0.05) is 5.16 Å². The van der Waals surface area contributed by atoms with Crippen LogP contribution in [0.1, 0.15) is 30.1 Å². The van der Waals surface area contributed by atoms with Crippen LogP contribution >= 0.6 is 0 Å². The molecule has 0 bridgehead atoms. The molecule has 1 atom stereocenters. The first kappa shape index (κ1) is 20.1. The Hall–Kier alpha value is -3.23. The molecular formula is C18H21N2O7-. The Kier molecular flexibility index (Phi) is 6.64. The van der Waals surface area contributed by atoms with Gasteiger partial charge < -0.3 is 34.0 Å². The van der Waals surface area contributed by atoms with E-state index in [9.17, 15) is 14.7 Å². The number of benzene rings is 1. The Morgan fingerprint density at radius 3 is 2.19 bits per heavy atom. The molecule has 2 rings (SSSR count). The van der Waals surface area contributed by atoms with Crippen molar-refractivity contribution in [3.8, 4) is 17.2 Å². The highest BCUT2D eigenvalue weighted by atomic mass is 16.5. The lowest BCUT2D eigenvalue weighted by Crippen LogP contribution is -2.26. The first-order chi connectivity index (χ1) is 12.9. The predicted molar refractivity (Wildman–Crippen MR) is 92.9 cm³/mol. The number of nitrogens with one attached hydrogen (secondary N) is 1. The zero-order chi connectivity index (χ0) is 20.0. The van der Waals surface area contributed by atoms with E-state index in [2.05, 4.69) is 10.5 Å². The number of aromatic nitrogens is 1. The quantitative estimate of drug-likeness (QED) is 0.693. The van der Waals surface area contributed by atoms with Gasteiger partial charge in [-0.05, 0) is 37.0 Å². The van der Waals surface area contributed by atoms with E-state index in [0.717, 1.165) is 0 Å². The minimum Gasteiger partial charge on any atom is -0.550 e. The van der Waals surface area contributed by atoms with Gasteiger partial charge in [0.25, 0.3) is 0 Å². The molecular weight excluding hydrogens is 356 g/mol. The van der Waals surface area contributed by atoms with Gasteiger partial charge in [-0.2, -0.15) is 0 Å². The monoisotopic (exact) mass is 377 g/mol. The molecule has 0 saturated carbocycles. The number of amides is 1. The number of carboxylic acids is 1. The molecule has 1 aromatic carbocycles. The van der Waals surface area contributed by atoms with Crippen molar-refractivity contribution in [1.82, 2.24) is 5.16 Å². The van der Waals surface area contributed by atoms with Gasteiger partial charge in [0.2, 0.25) is 11.7 Å². The maximum Gasteiger partial charge on any atom is 0.226 e. The highest BCUT2D eigenvalue weighted by molar-refractivity contribution is 5.90. The van der Waals surface area contributed by atoms with E-state index in [1.165, 1.54) is 21.3 Å². The highest BCUT2D eigenvalue weighted by Crippen LogP contribution is 2.41. The van der Waals surface area contributed by atoms with Gasteiger partial charge in [0.05, 0.1) is 21.3 Å². The molecule has 0 fully saturated rings. The molecule has 0 aliphatic rings. The van der Waals surface area contributed by atoms with Gasteiger partial charge in [-0.25, -0.2) is 0 Å². The summed E-state index contributed by atoms with van der Waals surface area (Å²) in [7, 11) is 4.37. The normalized spacial score (nSPS) is 11.6. The third kappa shape index (κ3) is 5.13. The number of methoxy groups -OCH3 is 3. The van der Waals surface area contributed by atoms with Crippen molar-refractivity contribution in [2.75, 3.05) is 26.6 Å². The average Bonchev–Trinajstić information content (AvgIpc) is 3.03. The van der Waals surface area contributed by atoms with Gasteiger partial charge in [-0.15, -0.1) is 0 Å². The highest BCUT2D eigenvalue weighted by Gasteiger charge is 2.22. The number of hydrogen-bond acceptors (Lipinski definition) is 8. The Bertz CT molecular complexity index is 791. The number of carboxylic acid groups (broad SMARTS) is 1. The molecule has 1 amide bonds. The van der Waals surface area contributed by atoms with E-state index in [-0.39, 0.29) is 18.7 Å². The van der Waals surface area contributed by atoms with Gasteiger partial charge in [0.1, 0.15) is 5.76 Å². The van der Waals surface area contributed by atoms with Crippen LogP contribution in [0.2, 0.25) is 0 Å². The summed E-state index contributed by atoms with van der Waals surface area (Å²) in [5, 5.41) is 17.5. The summed E-state index contributed by atoms with van der Waals surface area (Å²) in [5.74, 6) is -0.460. The fourth-order valence-corrected chi connectivity index (χ4v) is 2.69. The van der Waals surface area contributed by atoms with Crippen LogP contribution < -0.4 is 24.6 Å². The van der Waals surface area contributed by atoms with Crippen LogP contribution in [-0.2, 0) is 9.59 Å². The van der Waals surface area contributed by atoms with Crippen LogP contribution in [0.25, 0.3) is 0 Å². The lowest BCUT2D eigenvalue weighted by molar-refractivity contribution is -0.306. The van der Waals surface area contributed by atoms with E-state index in [1.807, 2.05) is 0 Å². The second kappa shape index (κ2) is 8.93. The molecule has 9 heteroatoms. The van der Waals surface area contributed by atoms with Crippen molar-refractivity contribution >= 4 is 17.7 Å². The number of aryl methyl sites for hydroxylation is 1. The summed E-state index contributed by atoms with van der Waals surface area (Å²) >= 11 is 0. The summed E-state index contributed by atoms with van der Waals surface area (Å²) < 4.78 is 20.7. The molecule has 0 saturated heterocycles. The lowest BCUT2D eigenvalue weighted by Gasteiger charge is -2.20. The number of nitrogens with zero attached hydrogens (tertiary/aromatic N) is 1.